The minimum absolute atomic E-state index is 0.0756. The predicted octanol–water partition coefficient (Wildman–Crippen LogP) is 2.14. The molecule has 0 saturated carbocycles. The predicted molar refractivity (Wildman–Crippen MR) is 112 cm³/mol. The van der Waals surface area contributed by atoms with E-state index in [2.05, 4.69) is 14.9 Å². The summed E-state index contributed by atoms with van der Waals surface area (Å²) in [6.45, 7) is 1.95. The summed E-state index contributed by atoms with van der Waals surface area (Å²) in [5.74, 6) is 0.884. The Kier molecular flexibility index (Phi) is 5.94. The van der Waals surface area contributed by atoms with Gasteiger partial charge in [0, 0.05) is 12.1 Å². The molecule has 9 heteroatoms. The van der Waals surface area contributed by atoms with E-state index in [4.69, 9.17) is 9.47 Å². The minimum Gasteiger partial charge on any atom is -0.496 e. The molecular weight excluding hydrogens is 406 g/mol. The molecule has 1 amide bonds. The van der Waals surface area contributed by atoms with Gasteiger partial charge < -0.3 is 14.8 Å². The van der Waals surface area contributed by atoms with Crippen LogP contribution in [0.4, 0.5) is 5.69 Å². The van der Waals surface area contributed by atoms with Gasteiger partial charge in [0.25, 0.3) is 5.91 Å². The summed E-state index contributed by atoms with van der Waals surface area (Å²) < 4.78 is 39.5. The van der Waals surface area contributed by atoms with Gasteiger partial charge >= 0.3 is 0 Å². The number of hydrogen-bond acceptors (Lipinski definition) is 6. The Morgan fingerprint density at radius 2 is 1.97 bits per heavy atom. The lowest BCUT2D eigenvalue weighted by molar-refractivity contribution is -0.118. The summed E-state index contributed by atoms with van der Waals surface area (Å²) in [7, 11) is -2.17. The second kappa shape index (κ2) is 8.63. The number of carbonyl (C=O) groups excluding carboxylic acids is 1. The molecule has 2 aliphatic rings. The highest BCUT2D eigenvalue weighted by Crippen LogP contribution is 2.33. The first-order chi connectivity index (χ1) is 14.5. The highest BCUT2D eigenvalue weighted by molar-refractivity contribution is 7.89. The number of rotatable bonds is 7. The molecule has 4 rings (SSSR count). The average molecular weight is 432 g/mol. The van der Waals surface area contributed by atoms with Crippen molar-refractivity contribution in [2.24, 2.45) is 0 Å². The van der Waals surface area contributed by atoms with Crippen LogP contribution < -0.4 is 19.5 Å². The third kappa shape index (κ3) is 4.28. The van der Waals surface area contributed by atoms with E-state index in [1.165, 1.54) is 12.1 Å². The van der Waals surface area contributed by atoms with Gasteiger partial charge in [0.05, 0.1) is 23.7 Å². The van der Waals surface area contributed by atoms with Crippen molar-refractivity contribution in [1.29, 1.82) is 0 Å². The van der Waals surface area contributed by atoms with Crippen molar-refractivity contribution < 1.29 is 22.7 Å². The number of ether oxygens (including phenoxy) is 2. The number of carbonyl (C=O) groups is 1. The second-order valence-corrected chi connectivity index (χ2v) is 9.11. The van der Waals surface area contributed by atoms with E-state index < -0.39 is 10.0 Å². The standard InChI is InChI=1S/C21H25N3O5S/c1-28-19-7-3-2-6-16(19)18(24-10-4-5-11-24)13-22-30(26,27)15-8-9-20-17(12-15)23-21(25)14-29-20/h2-3,6-9,12,18,22H,4-5,10-11,13-14H2,1H3,(H,23,25). The van der Waals surface area contributed by atoms with Crippen molar-refractivity contribution in [1.82, 2.24) is 9.62 Å². The van der Waals surface area contributed by atoms with E-state index in [0.717, 1.165) is 37.2 Å². The van der Waals surface area contributed by atoms with Crippen LogP contribution in [-0.4, -0.2) is 52.6 Å². The van der Waals surface area contributed by atoms with E-state index in [9.17, 15) is 13.2 Å². The number of methoxy groups -OCH3 is 1. The number of anilines is 1. The molecule has 0 spiro atoms. The van der Waals surface area contributed by atoms with Gasteiger partial charge in [0.15, 0.2) is 6.61 Å². The molecule has 2 aliphatic heterocycles. The van der Waals surface area contributed by atoms with Gasteiger partial charge in [0.2, 0.25) is 10.0 Å². The third-order valence-corrected chi connectivity index (χ3v) is 6.86. The van der Waals surface area contributed by atoms with E-state index in [1.54, 1.807) is 13.2 Å². The van der Waals surface area contributed by atoms with Crippen LogP contribution in [0.25, 0.3) is 0 Å². The molecule has 160 valence electrons. The van der Waals surface area contributed by atoms with Crippen LogP contribution in [0, 0.1) is 0 Å². The van der Waals surface area contributed by atoms with Crippen molar-refractivity contribution in [2.75, 3.05) is 38.7 Å². The lowest BCUT2D eigenvalue weighted by Crippen LogP contribution is -2.37. The Labute approximate surface area is 176 Å². The van der Waals surface area contributed by atoms with Crippen LogP contribution in [-0.2, 0) is 14.8 Å². The van der Waals surface area contributed by atoms with Crippen molar-refractivity contribution in [3.05, 3.63) is 48.0 Å². The van der Waals surface area contributed by atoms with Crippen LogP contribution >= 0.6 is 0 Å². The zero-order chi connectivity index (χ0) is 21.1. The van der Waals surface area contributed by atoms with E-state index in [0.29, 0.717) is 11.4 Å². The van der Waals surface area contributed by atoms with Crippen LogP contribution in [0.15, 0.2) is 47.4 Å². The second-order valence-electron chi connectivity index (χ2n) is 7.35. The number of para-hydroxylation sites is 1. The van der Waals surface area contributed by atoms with Gasteiger partial charge in [-0.1, -0.05) is 18.2 Å². The van der Waals surface area contributed by atoms with Crippen LogP contribution in [0.1, 0.15) is 24.4 Å². The van der Waals surface area contributed by atoms with Crippen molar-refractivity contribution in [3.8, 4) is 11.5 Å². The molecule has 2 N–H and O–H groups in total. The Bertz CT molecular complexity index is 1030. The summed E-state index contributed by atoms with van der Waals surface area (Å²) in [4.78, 5) is 13.9. The highest BCUT2D eigenvalue weighted by atomic mass is 32.2. The van der Waals surface area contributed by atoms with Crippen LogP contribution in [0.5, 0.6) is 11.5 Å². The number of benzene rings is 2. The molecule has 0 bridgehead atoms. The fraction of sp³-hybridized carbons (Fsp3) is 0.381. The fourth-order valence-corrected chi connectivity index (χ4v) is 5.00. The molecule has 1 unspecified atom stereocenters. The molecule has 1 atom stereocenters. The molecule has 1 fully saturated rings. The van der Waals surface area contributed by atoms with Gasteiger partial charge in [-0.25, -0.2) is 13.1 Å². The monoisotopic (exact) mass is 431 g/mol. The molecule has 0 aromatic heterocycles. The normalized spacial score (nSPS) is 17.7. The van der Waals surface area contributed by atoms with Gasteiger partial charge in [-0.3, -0.25) is 9.69 Å². The highest BCUT2D eigenvalue weighted by Gasteiger charge is 2.28. The first-order valence-corrected chi connectivity index (χ1v) is 11.4. The van der Waals surface area contributed by atoms with Gasteiger partial charge in [-0.15, -0.1) is 0 Å². The van der Waals surface area contributed by atoms with Crippen LogP contribution in [0.3, 0.4) is 0 Å². The number of fused-ring (bicyclic) bond motifs is 1. The SMILES string of the molecule is COc1ccccc1C(CNS(=O)(=O)c1ccc2c(c1)NC(=O)CO2)N1CCCC1. The summed E-state index contributed by atoms with van der Waals surface area (Å²) in [6, 6.07) is 12.0. The molecule has 2 aromatic rings. The molecule has 2 heterocycles. The maximum atomic E-state index is 13.0. The summed E-state index contributed by atoms with van der Waals surface area (Å²) in [5.41, 5.74) is 1.31. The largest absolute Gasteiger partial charge is 0.496 e. The maximum Gasteiger partial charge on any atom is 0.262 e. The van der Waals surface area contributed by atoms with E-state index in [-0.39, 0.29) is 30.0 Å². The number of sulfonamides is 1. The maximum absolute atomic E-state index is 13.0. The first-order valence-electron chi connectivity index (χ1n) is 9.91. The van der Waals surface area contributed by atoms with Crippen molar-refractivity contribution >= 4 is 21.6 Å². The van der Waals surface area contributed by atoms with Crippen molar-refractivity contribution in [3.63, 3.8) is 0 Å². The van der Waals surface area contributed by atoms with Gasteiger partial charge in [0.1, 0.15) is 11.5 Å². The average Bonchev–Trinajstić information content (AvgIpc) is 3.28. The molecule has 2 aromatic carbocycles. The third-order valence-electron chi connectivity index (χ3n) is 5.44. The Balaban J connectivity index is 1.57. The van der Waals surface area contributed by atoms with Gasteiger partial charge in [-0.05, 0) is 50.2 Å². The number of nitrogens with one attached hydrogen (secondary N) is 2. The van der Waals surface area contributed by atoms with Crippen LogP contribution in [0.2, 0.25) is 0 Å². The zero-order valence-electron chi connectivity index (χ0n) is 16.8. The first kappa shape index (κ1) is 20.6. The molecular formula is C21H25N3O5S. The Hall–Kier alpha value is -2.62. The zero-order valence-corrected chi connectivity index (χ0v) is 17.6. The topological polar surface area (TPSA) is 97.0 Å². The summed E-state index contributed by atoms with van der Waals surface area (Å²) in [6.07, 6.45) is 2.17. The summed E-state index contributed by atoms with van der Waals surface area (Å²) >= 11 is 0. The Morgan fingerprint density at radius 1 is 1.20 bits per heavy atom. The molecule has 0 radical (unpaired) electrons. The number of amides is 1. The number of hydrogen-bond donors (Lipinski definition) is 2. The van der Waals surface area contributed by atoms with E-state index in [1.807, 2.05) is 24.3 Å². The molecule has 1 saturated heterocycles. The molecule has 0 aliphatic carbocycles. The van der Waals surface area contributed by atoms with Crippen molar-refractivity contribution in [2.45, 2.75) is 23.8 Å². The molecule has 30 heavy (non-hydrogen) atoms. The lowest BCUT2D eigenvalue weighted by atomic mass is 10.0. The lowest BCUT2D eigenvalue weighted by Gasteiger charge is -2.29. The molecule has 8 nitrogen and oxygen atoms in total. The smallest absolute Gasteiger partial charge is 0.262 e. The Morgan fingerprint density at radius 3 is 2.73 bits per heavy atom. The minimum atomic E-state index is -3.79. The van der Waals surface area contributed by atoms with Gasteiger partial charge in [-0.2, -0.15) is 0 Å². The number of nitrogens with zero attached hydrogens (tertiary/aromatic N) is 1. The number of likely N-dealkylation sites (tertiary alicyclic amines) is 1. The quantitative estimate of drug-likeness (QED) is 0.697. The van der Waals surface area contributed by atoms with E-state index >= 15 is 0 Å². The fourth-order valence-electron chi connectivity index (χ4n) is 3.93. The summed E-state index contributed by atoms with van der Waals surface area (Å²) in [5, 5.41) is 2.64.